The van der Waals surface area contributed by atoms with Crippen molar-refractivity contribution in [1.29, 1.82) is 0 Å². The second-order valence-corrected chi connectivity index (χ2v) is 6.51. The molecule has 0 saturated carbocycles. The first-order chi connectivity index (χ1) is 12.4. The largest absolute Gasteiger partial charge is 0.497 e. The van der Waals surface area contributed by atoms with E-state index in [0.29, 0.717) is 24.0 Å². The van der Waals surface area contributed by atoms with Gasteiger partial charge in [-0.2, -0.15) is 0 Å². The van der Waals surface area contributed by atoms with E-state index in [1.165, 1.54) is 0 Å². The summed E-state index contributed by atoms with van der Waals surface area (Å²) in [6, 6.07) is 13.4. The Kier molecular flexibility index (Phi) is 6.33. The second kappa shape index (κ2) is 8.47. The number of nitrogens with two attached hydrogens (primary N) is 1. The lowest BCUT2D eigenvalue weighted by molar-refractivity contribution is 0.353. The predicted octanol–water partition coefficient (Wildman–Crippen LogP) is 3.42. The van der Waals surface area contributed by atoms with Gasteiger partial charge in [0.05, 0.1) is 27.9 Å². The fourth-order valence-corrected chi connectivity index (χ4v) is 2.49. The smallest absolute Gasteiger partial charge is 0.193 e. The van der Waals surface area contributed by atoms with Gasteiger partial charge in [0.1, 0.15) is 5.75 Å². The average Bonchev–Trinajstić information content (AvgIpc) is 2.66. The van der Waals surface area contributed by atoms with Gasteiger partial charge in [0, 0.05) is 11.1 Å². The topological polar surface area (TPSA) is 78.1 Å². The number of ether oxygens (including phenoxy) is 3. The van der Waals surface area contributed by atoms with Crippen LogP contribution in [0.2, 0.25) is 0 Å². The maximum Gasteiger partial charge on any atom is 0.193 e. The number of methoxy groups -OCH3 is 3. The lowest BCUT2D eigenvalue weighted by Crippen LogP contribution is -2.27. The zero-order valence-electron chi connectivity index (χ0n) is 16.0. The van der Waals surface area contributed by atoms with E-state index in [1.807, 2.05) is 42.5 Å². The lowest BCUT2D eigenvalue weighted by atomic mass is 9.84. The molecule has 0 spiro atoms. The zero-order chi connectivity index (χ0) is 19.2. The van der Waals surface area contributed by atoms with Crippen molar-refractivity contribution in [3.8, 4) is 17.2 Å². The Morgan fingerprint density at radius 3 is 2.19 bits per heavy atom. The number of nitrogens with zero attached hydrogens (tertiary/aromatic N) is 1. The third-order valence-corrected chi connectivity index (χ3v) is 4.17. The average molecular weight is 357 g/mol. The van der Waals surface area contributed by atoms with Gasteiger partial charge in [-0.3, -0.25) is 4.99 Å². The van der Waals surface area contributed by atoms with Crippen molar-refractivity contribution in [2.45, 2.75) is 19.3 Å². The van der Waals surface area contributed by atoms with Crippen molar-refractivity contribution in [3.05, 3.63) is 48.0 Å². The number of rotatable bonds is 7. The normalized spacial score (nSPS) is 11.8. The van der Waals surface area contributed by atoms with E-state index in [0.717, 1.165) is 17.0 Å². The summed E-state index contributed by atoms with van der Waals surface area (Å²) in [5.41, 5.74) is 7.76. The van der Waals surface area contributed by atoms with Crippen LogP contribution in [-0.2, 0) is 5.41 Å². The number of nitrogens with one attached hydrogen (secondary N) is 1. The molecule has 0 atom stereocenters. The first kappa shape index (κ1) is 19.4. The summed E-state index contributed by atoms with van der Waals surface area (Å²) in [5, 5.41) is 3.09. The van der Waals surface area contributed by atoms with Gasteiger partial charge in [0.25, 0.3) is 0 Å². The molecule has 0 aliphatic carbocycles. The van der Waals surface area contributed by atoms with Crippen molar-refractivity contribution >= 4 is 11.6 Å². The van der Waals surface area contributed by atoms with Crippen LogP contribution in [0.5, 0.6) is 17.2 Å². The fraction of sp³-hybridized carbons (Fsp3) is 0.350. The molecule has 6 heteroatoms. The Hall–Kier alpha value is -2.89. The zero-order valence-corrected chi connectivity index (χ0v) is 16.0. The number of benzene rings is 2. The van der Waals surface area contributed by atoms with Crippen molar-refractivity contribution in [1.82, 2.24) is 0 Å². The predicted molar refractivity (Wildman–Crippen MR) is 106 cm³/mol. The van der Waals surface area contributed by atoms with Gasteiger partial charge in [-0.1, -0.05) is 19.9 Å². The lowest BCUT2D eigenvalue weighted by Gasteiger charge is -2.24. The molecule has 0 saturated heterocycles. The molecule has 0 radical (unpaired) electrons. The monoisotopic (exact) mass is 357 g/mol. The number of aliphatic imine (C=N–C) groups is 1. The van der Waals surface area contributed by atoms with Gasteiger partial charge < -0.3 is 25.3 Å². The molecule has 2 aromatic rings. The van der Waals surface area contributed by atoms with Crippen LogP contribution in [0.4, 0.5) is 5.69 Å². The molecule has 2 aromatic carbocycles. The molecule has 0 aliphatic heterocycles. The summed E-state index contributed by atoms with van der Waals surface area (Å²) in [6.45, 7) is 4.74. The molecule has 0 amide bonds. The van der Waals surface area contributed by atoms with E-state index in [1.54, 1.807) is 21.3 Å². The Labute approximate surface area is 155 Å². The fourth-order valence-electron chi connectivity index (χ4n) is 2.49. The maximum atomic E-state index is 6.03. The van der Waals surface area contributed by atoms with Crippen molar-refractivity contribution in [3.63, 3.8) is 0 Å². The summed E-state index contributed by atoms with van der Waals surface area (Å²) < 4.78 is 15.8. The highest BCUT2D eigenvalue weighted by molar-refractivity contribution is 5.92. The van der Waals surface area contributed by atoms with E-state index in [4.69, 9.17) is 19.9 Å². The van der Waals surface area contributed by atoms with Crippen LogP contribution in [0.3, 0.4) is 0 Å². The van der Waals surface area contributed by atoms with E-state index >= 15 is 0 Å². The minimum absolute atomic E-state index is 0.217. The minimum Gasteiger partial charge on any atom is -0.497 e. The van der Waals surface area contributed by atoms with E-state index in [-0.39, 0.29) is 5.41 Å². The standard InChI is InChI=1S/C20H27N3O3/c1-20(2,14-6-11-17(25-4)18(12-14)26-5)13-22-19(21)23-15-7-9-16(24-3)10-8-15/h6-12H,13H2,1-5H3,(H3,21,22,23). The summed E-state index contributed by atoms with van der Waals surface area (Å²) in [7, 11) is 4.89. The van der Waals surface area contributed by atoms with Crippen molar-refractivity contribution in [2.75, 3.05) is 33.2 Å². The van der Waals surface area contributed by atoms with Crippen molar-refractivity contribution < 1.29 is 14.2 Å². The van der Waals surface area contributed by atoms with E-state index in [2.05, 4.69) is 24.2 Å². The molecule has 2 rings (SSSR count). The molecular formula is C20H27N3O3. The van der Waals surface area contributed by atoms with Gasteiger partial charge >= 0.3 is 0 Å². The number of hydrogen-bond donors (Lipinski definition) is 2. The highest BCUT2D eigenvalue weighted by Gasteiger charge is 2.22. The molecule has 3 N–H and O–H groups in total. The van der Waals surface area contributed by atoms with Gasteiger partial charge in [0.2, 0.25) is 0 Å². The van der Waals surface area contributed by atoms with Crippen LogP contribution in [0.25, 0.3) is 0 Å². The molecular weight excluding hydrogens is 330 g/mol. The molecule has 0 unspecified atom stereocenters. The molecule has 0 bridgehead atoms. The Bertz CT molecular complexity index is 755. The Morgan fingerprint density at radius 1 is 0.962 bits per heavy atom. The van der Waals surface area contributed by atoms with Crippen LogP contribution in [0, 0.1) is 0 Å². The highest BCUT2D eigenvalue weighted by Crippen LogP contribution is 2.33. The first-order valence-electron chi connectivity index (χ1n) is 8.33. The van der Waals surface area contributed by atoms with Crippen LogP contribution in [0.1, 0.15) is 19.4 Å². The molecule has 6 nitrogen and oxygen atoms in total. The van der Waals surface area contributed by atoms with Crippen LogP contribution < -0.4 is 25.3 Å². The van der Waals surface area contributed by atoms with Crippen LogP contribution in [0.15, 0.2) is 47.5 Å². The SMILES string of the molecule is COc1ccc(NC(N)=NCC(C)(C)c2ccc(OC)c(OC)c2)cc1. The van der Waals surface area contributed by atoms with Crippen LogP contribution >= 0.6 is 0 Å². The molecule has 140 valence electrons. The number of hydrogen-bond acceptors (Lipinski definition) is 4. The Balaban J connectivity index is 2.08. The first-order valence-corrected chi connectivity index (χ1v) is 8.33. The third kappa shape index (κ3) is 4.81. The Morgan fingerprint density at radius 2 is 1.62 bits per heavy atom. The molecule has 26 heavy (non-hydrogen) atoms. The quantitative estimate of drug-likeness (QED) is 0.586. The number of guanidine groups is 1. The van der Waals surface area contributed by atoms with Gasteiger partial charge in [-0.15, -0.1) is 0 Å². The molecule has 0 heterocycles. The third-order valence-electron chi connectivity index (χ3n) is 4.17. The van der Waals surface area contributed by atoms with Gasteiger partial charge in [-0.25, -0.2) is 0 Å². The molecule has 0 aliphatic rings. The highest BCUT2D eigenvalue weighted by atomic mass is 16.5. The summed E-state index contributed by atoms with van der Waals surface area (Å²) in [4.78, 5) is 4.49. The van der Waals surface area contributed by atoms with Gasteiger partial charge in [-0.05, 0) is 42.0 Å². The number of anilines is 1. The van der Waals surface area contributed by atoms with Crippen molar-refractivity contribution in [2.24, 2.45) is 10.7 Å². The molecule has 0 fully saturated rings. The second-order valence-electron chi connectivity index (χ2n) is 6.51. The molecule has 0 aromatic heterocycles. The summed E-state index contributed by atoms with van der Waals surface area (Å²) >= 11 is 0. The van der Waals surface area contributed by atoms with E-state index < -0.39 is 0 Å². The van der Waals surface area contributed by atoms with Gasteiger partial charge in [0.15, 0.2) is 17.5 Å². The van der Waals surface area contributed by atoms with E-state index in [9.17, 15) is 0 Å². The maximum absolute atomic E-state index is 6.03. The summed E-state index contributed by atoms with van der Waals surface area (Å²) in [6.07, 6.45) is 0. The minimum atomic E-state index is -0.217. The summed E-state index contributed by atoms with van der Waals surface area (Å²) in [5.74, 6) is 2.56. The van der Waals surface area contributed by atoms with Crippen LogP contribution in [-0.4, -0.2) is 33.8 Å².